The molecular weight excluding hydrogens is 404 g/mol. The second-order valence-corrected chi connectivity index (χ2v) is 8.62. The number of ketones is 1. The van der Waals surface area contributed by atoms with Crippen LogP contribution < -0.4 is 9.47 Å². The first-order valence-corrected chi connectivity index (χ1v) is 11.1. The van der Waals surface area contributed by atoms with Gasteiger partial charge in [-0.1, -0.05) is 11.6 Å². The van der Waals surface area contributed by atoms with Gasteiger partial charge in [-0.15, -0.1) is 0 Å². The minimum Gasteiger partial charge on any atom is -0.486 e. The number of Topliss-reactive ketones (excluding diaryl/α,β-unsaturated/α-hetero) is 1. The molecule has 1 saturated heterocycles. The lowest BCUT2D eigenvalue weighted by Crippen LogP contribution is -2.40. The van der Waals surface area contributed by atoms with Gasteiger partial charge in [-0.05, 0) is 63.1 Å². The molecule has 32 heavy (non-hydrogen) atoms. The number of nitrogens with zero attached hydrogens (tertiary/aromatic N) is 2. The van der Waals surface area contributed by atoms with Gasteiger partial charge in [0.25, 0.3) is 5.91 Å². The molecule has 0 spiro atoms. The highest BCUT2D eigenvalue weighted by Gasteiger charge is 2.30. The normalized spacial score (nSPS) is 16.2. The predicted molar refractivity (Wildman–Crippen MR) is 122 cm³/mol. The fraction of sp³-hybridized carbons (Fsp3) is 0.346. The van der Waals surface area contributed by atoms with Gasteiger partial charge in [0.05, 0.1) is 11.1 Å². The van der Waals surface area contributed by atoms with Gasteiger partial charge in [0.15, 0.2) is 17.3 Å². The zero-order valence-corrected chi connectivity index (χ0v) is 18.4. The van der Waals surface area contributed by atoms with Gasteiger partial charge in [0.2, 0.25) is 0 Å². The number of hydrogen-bond donors (Lipinski definition) is 0. The first kappa shape index (κ1) is 20.5. The van der Waals surface area contributed by atoms with E-state index in [4.69, 9.17) is 9.47 Å². The number of aryl methyl sites for hydroxylation is 2. The Labute approximate surface area is 187 Å². The predicted octanol–water partition coefficient (Wildman–Crippen LogP) is 4.36. The smallest absolute Gasteiger partial charge is 0.254 e. The molecule has 2 aliphatic rings. The molecule has 2 aliphatic heterocycles. The maximum Gasteiger partial charge on any atom is 0.254 e. The number of carbonyl (C=O) groups is 2. The van der Waals surface area contributed by atoms with Crippen LogP contribution in [0.15, 0.2) is 42.5 Å². The van der Waals surface area contributed by atoms with E-state index in [0.29, 0.717) is 61.8 Å². The third kappa shape index (κ3) is 3.81. The van der Waals surface area contributed by atoms with Crippen molar-refractivity contribution in [2.45, 2.75) is 26.7 Å². The number of carbonyl (C=O) groups excluding carboxylic acids is 2. The molecule has 0 aliphatic carbocycles. The van der Waals surface area contributed by atoms with E-state index in [1.54, 1.807) is 12.1 Å². The highest BCUT2D eigenvalue weighted by Crippen LogP contribution is 2.33. The largest absolute Gasteiger partial charge is 0.486 e. The maximum absolute atomic E-state index is 13.4. The van der Waals surface area contributed by atoms with Gasteiger partial charge >= 0.3 is 0 Å². The number of piperidine rings is 1. The summed E-state index contributed by atoms with van der Waals surface area (Å²) in [6.45, 7) is 6.08. The van der Waals surface area contributed by atoms with Crippen molar-refractivity contribution in [2.24, 2.45) is 5.92 Å². The third-order valence-electron chi connectivity index (χ3n) is 6.30. The molecule has 0 N–H and O–H groups in total. The molecule has 0 saturated carbocycles. The van der Waals surface area contributed by atoms with Crippen LogP contribution in [0.3, 0.4) is 0 Å². The van der Waals surface area contributed by atoms with Gasteiger partial charge in [-0.3, -0.25) is 14.6 Å². The first-order chi connectivity index (χ1) is 15.5. The Bertz CT molecular complexity index is 1210. The summed E-state index contributed by atoms with van der Waals surface area (Å²) in [5, 5.41) is 0.884. The molecule has 5 rings (SSSR count). The summed E-state index contributed by atoms with van der Waals surface area (Å²) in [4.78, 5) is 32.9. The Hall–Kier alpha value is -3.41. The Balaban J connectivity index is 1.31. The summed E-state index contributed by atoms with van der Waals surface area (Å²) in [6.07, 6.45) is 1.31. The van der Waals surface area contributed by atoms with Gasteiger partial charge < -0.3 is 14.4 Å². The lowest BCUT2D eigenvalue weighted by atomic mass is 9.88. The summed E-state index contributed by atoms with van der Waals surface area (Å²) < 4.78 is 11.2. The van der Waals surface area contributed by atoms with Crippen LogP contribution in [-0.2, 0) is 0 Å². The maximum atomic E-state index is 13.4. The summed E-state index contributed by atoms with van der Waals surface area (Å²) in [7, 11) is 0. The standard InChI is InChI=1S/C26H26N2O4/c1-16-3-5-22-20(13-16)21(14-17(2)27-22)26(30)28-9-7-18(8-10-28)25(29)19-4-6-23-24(15-19)32-12-11-31-23/h3-6,13-15,18H,7-12H2,1-2H3. The van der Waals surface area contributed by atoms with Gasteiger partial charge in [-0.25, -0.2) is 0 Å². The highest BCUT2D eigenvalue weighted by molar-refractivity contribution is 6.06. The minimum atomic E-state index is -0.0974. The molecular formula is C26H26N2O4. The Morgan fingerprint density at radius 3 is 2.47 bits per heavy atom. The second-order valence-electron chi connectivity index (χ2n) is 8.62. The van der Waals surface area contributed by atoms with Gasteiger partial charge in [-0.2, -0.15) is 0 Å². The number of pyridine rings is 1. The number of aromatic nitrogens is 1. The lowest BCUT2D eigenvalue weighted by molar-refractivity contribution is 0.0651. The fourth-order valence-corrected chi connectivity index (χ4v) is 4.60. The van der Waals surface area contributed by atoms with E-state index in [1.807, 2.05) is 49.1 Å². The molecule has 6 nitrogen and oxygen atoms in total. The molecule has 1 fully saturated rings. The summed E-state index contributed by atoms with van der Waals surface area (Å²) >= 11 is 0. The highest BCUT2D eigenvalue weighted by atomic mass is 16.6. The SMILES string of the molecule is Cc1ccc2nc(C)cc(C(=O)N3CCC(C(=O)c4ccc5c(c4)OCCO5)CC3)c2c1. The van der Waals surface area contributed by atoms with E-state index < -0.39 is 0 Å². The molecule has 0 unspecified atom stereocenters. The van der Waals surface area contributed by atoms with Crippen LogP contribution in [0.2, 0.25) is 0 Å². The van der Waals surface area contributed by atoms with E-state index in [9.17, 15) is 9.59 Å². The quantitative estimate of drug-likeness (QED) is 0.578. The number of rotatable bonds is 3. The van der Waals surface area contributed by atoms with E-state index in [2.05, 4.69) is 4.98 Å². The van der Waals surface area contributed by atoms with Crippen molar-refractivity contribution in [1.82, 2.24) is 9.88 Å². The third-order valence-corrected chi connectivity index (χ3v) is 6.30. The molecule has 2 aromatic carbocycles. The topological polar surface area (TPSA) is 68.7 Å². The molecule has 0 radical (unpaired) electrons. The molecule has 0 atom stereocenters. The van der Waals surface area contributed by atoms with Crippen molar-refractivity contribution in [3.8, 4) is 11.5 Å². The number of fused-ring (bicyclic) bond motifs is 2. The van der Waals surface area contributed by atoms with Crippen LogP contribution in [0.25, 0.3) is 10.9 Å². The van der Waals surface area contributed by atoms with Crippen LogP contribution in [0.4, 0.5) is 0 Å². The number of ether oxygens (including phenoxy) is 2. The Kier molecular flexibility index (Phi) is 5.29. The van der Waals surface area contributed by atoms with Crippen LogP contribution in [-0.4, -0.2) is 47.9 Å². The molecule has 3 aromatic rings. The molecule has 164 valence electrons. The number of amides is 1. The van der Waals surface area contributed by atoms with Crippen LogP contribution in [0.1, 0.15) is 44.8 Å². The molecule has 1 aromatic heterocycles. The fourth-order valence-electron chi connectivity index (χ4n) is 4.60. The average molecular weight is 431 g/mol. The molecule has 3 heterocycles. The Morgan fingerprint density at radius 1 is 0.938 bits per heavy atom. The van der Waals surface area contributed by atoms with Gasteiger partial charge in [0, 0.05) is 35.7 Å². The first-order valence-electron chi connectivity index (χ1n) is 11.1. The summed E-state index contributed by atoms with van der Waals surface area (Å²) in [5.41, 5.74) is 4.09. The monoisotopic (exact) mass is 430 g/mol. The zero-order chi connectivity index (χ0) is 22.2. The number of likely N-dealkylation sites (tertiary alicyclic amines) is 1. The number of benzene rings is 2. The summed E-state index contributed by atoms with van der Waals surface area (Å²) in [6, 6.07) is 13.3. The number of hydrogen-bond acceptors (Lipinski definition) is 5. The molecule has 0 bridgehead atoms. The van der Waals surface area contributed by atoms with Crippen molar-refractivity contribution < 1.29 is 19.1 Å². The summed E-state index contributed by atoms with van der Waals surface area (Å²) in [5.74, 6) is 1.33. The lowest BCUT2D eigenvalue weighted by Gasteiger charge is -2.32. The molecule has 6 heteroatoms. The van der Waals surface area contributed by atoms with E-state index >= 15 is 0 Å². The van der Waals surface area contributed by atoms with Crippen molar-refractivity contribution >= 4 is 22.6 Å². The van der Waals surface area contributed by atoms with Crippen LogP contribution >= 0.6 is 0 Å². The zero-order valence-electron chi connectivity index (χ0n) is 18.4. The second kappa shape index (κ2) is 8.26. The van der Waals surface area contributed by atoms with Crippen molar-refractivity contribution in [3.05, 3.63) is 64.8 Å². The van der Waals surface area contributed by atoms with Crippen LogP contribution in [0, 0.1) is 19.8 Å². The average Bonchev–Trinajstić information content (AvgIpc) is 2.82. The van der Waals surface area contributed by atoms with Crippen molar-refractivity contribution in [1.29, 1.82) is 0 Å². The van der Waals surface area contributed by atoms with E-state index in [0.717, 1.165) is 22.2 Å². The van der Waals surface area contributed by atoms with Crippen molar-refractivity contribution in [3.63, 3.8) is 0 Å². The minimum absolute atomic E-state index is 0.0105. The Morgan fingerprint density at radius 2 is 1.69 bits per heavy atom. The van der Waals surface area contributed by atoms with E-state index in [-0.39, 0.29) is 17.6 Å². The van der Waals surface area contributed by atoms with Crippen molar-refractivity contribution in [2.75, 3.05) is 26.3 Å². The molecule has 1 amide bonds. The van der Waals surface area contributed by atoms with E-state index in [1.165, 1.54) is 0 Å². The van der Waals surface area contributed by atoms with Crippen LogP contribution in [0.5, 0.6) is 11.5 Å². The van der Waals surface area contributed by atoms with Gasteiger partial charge in [0.1, 0.15) is 13.2 Å².